The zero-order chi connectivity index (χ0) is 24.1. The van der Waals surface area contributed by atoms with Crippen LogP contribution in [0.2, 0.25) is 0 Å². The molecule has 0 saturated heterocycles. The Balaban J connectivity index is 1.26. The molecule has 2 N–H and O–H groups in total. The van der Waals surface area contributed by atoms with Crippen molar-refractivity contribution in [2.45, 2.75) is 51.0 Å². The molecule has 0 unspecified atom stereocenters. The van der Waals surface area contributed by atoms with E-state index >= 15 is 0 Å². The topological polar surface area (TPSA) is 101 Å². The molecule has 34 heavy (non-hydrogen) atoms. The number of halogens is 3. The van der Waals surface area contributed by atoms with E-state index in [9.17, 15) is 18.0 Å². The Bertz CT molecular complexity index is 1230. The normalized spacial score (nSPS) is 16.7. The lowest BCUT2D eigenvalue weighted by Crippen LogP contribution is -2.63. The molecule has 3 aromatic heterocycles. The third-order valence-electron chi connectivity index (χ3n) is 6.47. The van der Waals surface area contributed by atoms with E-state index < -0.39 is 17.4 Å². The van der Waals surface area contributed by atoms with Crippen molar-refractivity contribution < 1.29 is 18.0 Å². The molecule has 0 radical (unpaired) electrons. The Morgan fingerprint density at radius 2 is 1.97 bits per heavy atom. The van der Waals surface area contributed by atoms with Crippen LogP contribution in [0.3, 0.4) is 0 Å². The van der Waals surface area contributed by atoms with E-state index in [0.29, 0.717) is 41.8 Å². The first-order valence-electron chi connectivity index (χ1n) is 10.9. The number of nitrogens with zero attached hydrogens (tertiary/aromatic N) is 6. The van der Waals surface area contributed by atoms with Gasteiger partial charge in [-0.15, -0.1) is 0 Å². The minimum Gasteiger partial charge on any atom is -0.350 e. The van der Waals surface area contributed by atoms with Crippen molar-refractivity contribution in [1.82, 2.24) is 24.7 Å². The molecule has 1 saturated carbocycles. The Hall–Kier alpha value is -3.70. The SMILES string of the molecule is Cc1nc(NCc2cnn(Cc3ccc(C(F)(F)F)nc3)c2)nc2c1NC(=O)C1(CCC1)N2C. The lowest BCUT2D eigenvalue weighted by Gasteiger charge is -2.50. The Labute approximate surface area is 193 Å². The van der Waals surface area contributed by atoms with Gasteiger partial charge in [0, 0.05) is 31.5 Å². The van der Waals surface area contributed by atoms with Crippen LogP contribution in [0.25, 0.3) is 0 Å². The summed E-state index contributed by atoms with van der Waals surface area (Å²) in [6, 6.07) is 2.35. The number of likely N-dealkylation sites (N-methyl/N-ethyl adjacent to an activating group) is 1. The fourth-order valence-electron chi connectivity index (χ4n) is 4.32. The Morgan fingerprint density at radius 1 is 1.18 bits per heavy atom. The van der Waals surface area contributed by atoms with Gasteiger partial charge in [0.15, 0.2) is 5.82 Å². The molecular formula is C22H23F3N8O. The molecule has 0 atom stereocenters. The molecule has 9 nitrogen and oxygen atoms in total. The Kier molecular flexibility index (Phi) is 5.18. The van der Waals surface area contributed by atoms with Crippen LogP contribution in [0.15, 0.2) is 30.7 Å². The zero-order valence-corrected chi connectivity index (χ0v) is 18.6. The van der Waals surface area contributed by atoms with Crippen LogP contribution in [0, 0.1) is 6.92 Å². The van der Waals surface area contributed by atoms with Gasteiger partial charge in [-0.2, -0.15) is 23.3 Å². The number of carbonyl (C=O) groups excluding carboxylic acids is 1. The maximum Gasteiger partial charge on any atom is 0.433 e. The van der Waals surface area contributed by atoms with Gasteiger partial charge in [-0.1, -0.05) is 6.07 Å². The predicted octanol–water partition coefficient (Wildman–Crippen LogP) is 3.37. The Morgan fingerprint density at radius 3 is 2.62 bits per heavy atom. The molecule has 1 amide bonds. The van der Waals surface area contributed by atoms with E-state index in [4.69, 9.17) is 0 Å². The van der Waals surface area contributed by atoms with Crippen LogP contribution < -0.4 is 15.5 Å². The molecule has 12 heteroatoms. The molecule has 0 bridgehead atoms. The van der Waals surface area contributed by atoms with Gasteiger partial charge in [-0.05, 0) is 37.8 Å². The number of aryl methyl sites for hydroxylation is 1. The van der Waals surface area contributed by atoms with Crippen molar-refractivity contribution in [3.63, 3.8) is 0 Å². The van der Waals surface area contributed by atoms with Crippen molar-refractivity contribution in [3.05, 3.63) is 53.2 Å². The number of alkyl halides is 3. The number of fused-ring (bicyclic) bond motifs is 1. The largest absolute Gasteiger partial charge is 0.433 e. The number of amides is 1. The van der Waals surface area contributed by atoms with E-state index in [-0.39, 0.29) is 5.91 Å². The van der Waals surface area contributed by atoms with E-state index in [1.54, 1.807) is 17.1 Å². The summed E-state index contributed by atoms with van der Waals surface area (Å²) < 4.78 is 39.6. The molecule has 1 fully saturated rings. The van der Waals surface area contributed by atoms with Crippen molar-refractivity contribution >= 4 is 23.4 Å². The summed E-state index contributed by atoms with van der Waals surface area (Å²) in [5, 5.41) is 10.4. The van der Waals surface area contributed by atoms with Crippen LogP contribution in [-0.2, 0) is 24.1 Å². The number of pyridine rings is 1. The fraction of sp³-hybridized carbons (Fsp3) is 0.409. The molecular weight excluding hydrogens is 449 g/mol. The maximum atomic E-state index is 12.7. The number of hydrogen-bond donors (Lipinski definition) is 2. The van der Waals surface area contributed by atoms with Crippen LogP contribution in [0.5, 0.6) is 0 Å². The highest BCUT2D eigenvalue weighted by Gasteiger charge is 2.51. The standard InChI is InChI=1S/C22H23F3N8O/c1-13-17-18(32(2)21(6-3-7-21)19(34)30-17)31-20(29-13)27-9-15-10-28-33(12-15)11-14-4-5-16(26-8-14)22(23,24)25/h4-5,8,10,12H,3,6-7,9,11H2,1-2H3,(H,30,34)(H,27,29,31). The van der Waals surface area contributed by atoms with Crippen molar-refractivity contribution in [2.24, 2.45) is 0 Å². The number of carbonyl (C=O) groups is 1. The van der Waals surface area contributed by atoms with Gasteiger partial charge < -0.3 is 15.5 Å². The highest BCUT2D eigenvalue weighted by Crippen LogP contribution is 2.46. The number of aromatic nitrogens is 5. The minimum atomic E-state index is -4.46. The molecule has 178 valence electrons. The number of nitrogens with one attached hydrogen (secondary N) is 2. The molecule has 1 spiro atoms. The average Bonchev–Trinajstić information content (AvgIpc) is 3.19. The summed E-state index contributed by atoms with van der Waals surface area (Å²) in [4.78, 5) is 27.2. The van der Waals surface area contributed by atoms with Gasteiger partial charge in [0.05, 0.1) is 18.4 Å². The van der Waals surface area contributed by atoms with E-state index in [1.807, 2.05) is 18.9 Å². The van der Waals surface area contributed by atoms with Gasteiger partial charge >= 0.3 is 6.18 Å². The first-order valence-corrected chi connectivity index (χ1v) is 10.9. The summed E-state index contributed by atoms with van der Waals surface area (Å²) in [6.45, 7) is 2.53. The minimum absolute atomic E-state index is 0.00294. The number of anilines is 3. The van der Waals surface area contributed by atoms with Crippen LogP contribution in [0.1, 0.15) is 41.8 Å². The monoisotopic (exact) mass is 472 g/mol. The van der Waals surface area contributed by atoms with Crippen molar-refractivity contribution in [3.8, 4) is 0 Å². The fourth-order valence-corrected chi connectivity index (χ4v) is 4.32. The molecule has 2 aliphatic rings. The van der Waals surface area contributed by atoms with Crippen LogP contribution in [0.4, 0.5) is 30.6 Å². The number of hydrogen-bond acceptors (Lipinski definition) is 7. The molecule has 3 aromatic rings. The summed E-state index contributed by atoms with van der Waals surface area (Å²) in [6.07, 6.45) is 2.82. The smallest absolute Gasteiger partial charge is 0.350 e. The van der Waals surface area contributed by atoms with E-state index in [2.05, 4.69) is 30.7 Å². The summed E-state index contributed by atoms with van der Waals surface area (Å²) >= 11 is 0. The molecule has 4 heterocycles. The zero-order valence-electron chi connectivity index (χ0n) is 18.6. The van der Waals surface area contributed by atoms with Crippen LogP contribution >= 0.6 is 0 Å². The lowest BCUT2D eigenvalue weighted by atomic mass is 9.73. The lowest BCUT2D eigenvalue weighted by molar-refractivity contribution is -0.141. The van der Waals surface area contributed by atoms with E-state index in [1.165, 1.54) is 12.3 Å². The third kappa shape index (κ3) is 3.82. The highest BCUT2D eigenvalue weighted by atomic mass is 19.4. The molecule has 0 aromatic carbocycles. The van der Waals surface area contributed by atoms with Crippen LogP contribution in [-0.4, -0.2) is 43.2 Å². The van der Waals surface area contributed by atoms with E-state index in [0.717, 1.165) is 30.9 Å². The van der Waals surface area contributed by atoms with Gasteiger partial charge in [0.1, 0.15) is 16.9 Å². The average molecular weight is 472 g/mol. The second kappa shape index (κ2) is 7.96. The van der Waals surface area contributed by atoms with Gasteiger partial charge in [0.25, 0.3) is 0 Å². The molecule has 5 rings (SSSR count). The highest BCUT2D eigenvalue weighted by molar-refractivity contribution is 6.07. The number of rotatable bonds is 5. The second-order valence-electron chi connectivity index (χ2n) is 8.68. The summed E-state index contributed by atoms with van der Waals surface area (Å²) in [5.41, 5.74) is 1.32. The second-order valence-corrected chi connectivity index (χ2v) is 8.68. The quantitative estimate of drug-likeness (QED) is 0.587. The van der Waals surface area contributed by atoms with Crippen molar-refractivity contribution in [1.29, 1.82) is 0 Å². The molecule has 1 aliphatic heterocycles. The first kappa shape index (κ1) is 22.1. The summed E-state index contributed by atoms with van der Waals surface area (Å²) in [7, 11) is 1.90. The maximum absolute atomic E-state index is 12.7. The molecule has 1 aliphatic carbocycles. The van der Waals surface area contributed by atoms with Crippen molar-refractivity contribution in [2.75, 3.05) is 22.6 Å². The predicted molar refractivity (Wildman–Crippen MR) is 118 cm³/mol. The van der Waals surface area contributed by atoms with Gasteiger partial charge in [0.2, 0.25) is 11.9 Å². The van der Waals surface area contributed by atoms with Gasteiger partial charge in [-0.3, -0.25) is 14.5 Å². The van der Waals surface area contributed by atoms with Gasteiger partial charge in [-0.25, -0.2) is 4.98 Å². The summed E-state index contributed by atoms with van der Waals surface area (Å²) in [5.74, 6) is 1.13. The third-order valence-corrected chi connectivity index (χ3v) is 6.47. The first-order chi connectivity index (χ1) is 16.2.